The van der Waals surface area contributed by atoms with E-state index in [0.29, 0.717) is 0 Å². The topological polar surface area (TPSA) is 79.5 Å². The zero-order valence-corrected chi connectivity index (χ0v) is 13.4. The average molecular weight is 329 g/mol. The molecule has 6 nitrogen and oxygen atoms in total. The summed E-state index contributed by atoms with van der Waals surface area (Å²) in [5.41, 5.74) is -0.352. The minimum Gasteiger partial charge on any atom is -0.433 e. The third-order valence-corrected chi connectivity index (χ3v) is 2.59. The smallest absolute Gasteiger partial charge is 0.387 e. The molecule has 8 heteroatoms. The summed E-state index contributed by atoms with van der Waals surface area (Å²) in [5, 5.41) is 7.52. The van der Waals surface area contributed by atoms with Crippen molar-refractivity contribution in [3.8, 4) is 5.75 Å². The second-order valence-corrected chi connectivity index (χ2v) is 5.93. The first-order chi connectivity index (χ1) is 10.6. The molecule has 128 valence electrons. The zero-order chi connectivity index (χ0) is 17.6. The Hall–Kier alpha value is -2.38. The Morgan fingerprint density at radius 1 is 1.17 bits per heavy atom. The summed E-state index contributed by atoms with van der Waals surface area (Å²) in [5.74, 6) is -0.519. The van der Waals surface area contributed by atoms with E-state index in [1.54, 1.807) is 6.07 Å². The lowest BCUT2D eigenvalue weighted by Gasteiger charge is -2.23. The van der Waals surface area contributed by atoms with Crippen LogP contribution in [0.25, 0.3) is 0 Å². The van der Waals surface area contributed by atoms with E-state index >= 15 is 0 Å². The fourth-order valence-corrected chi connectivity index (χ4v) is 1.67. The van der Waals surface area contributed by atoms with Crippen LogP contribution >= 0.6 is 0 Å². The Morgan fingerprint density at radius 3 is 2.35 bits per heavy atom. The van der Waals surface area contributed by atoms with Gasteiger partial charge in [0.15, 0.2) is 0 Å². The molecule has 0 radical (unpaired) electrons. The largest absolute Gasteiger partial charge is 0.433 e. The maximum atomic E-state index is 12.3. The van der Waals surface area contributed by atoms with Crippen LogP contribution in [0.1, 0.15) is 27.7 Å². The number of ether oxygens (including phenoxy) is 1. The number of hydrogen-bond donors (Lipinski definition) is 3. The Morgan fingerprint density at radius 2 is 1.78 bits per heavy atom. The number of urea groups is 1. The molecule has 0 aliphatic carbocycles. The molecule has 0 fully saturated rings. The van der Waals surface area contributed by atoms with E-state index in [9.17, 15) is 18.4 Å². The molecule has 0 heterocycles. The van der Waals surface area contributed by atoms with Crippen molar-refractivity contribution in [2.75, 3.05) is 5.32 Å². The fourth-order valence-electron chi connectivity index (χ4n) is 1.67. The molecule has 0 bridgehead atoms. The van der Waals surface area contributed by atoms with Gasteiger partial charge in [0.2, 0.25) is 5.91 Å². The Bertz CT molecular complexity index is 559. The van der Waals surface area contributed by atoms with E-state index < -0.39 is 24.2 Å². The van der Waals surface area contributed by atoms with Gasteiger partial charge < -0.3 is 20.7 Å². The molecule has 3 N–H and O–H groups in total. The van der Waals surface area contributed by atoms with Crippen molar-refractivity contribution >= 4 is 17.6 Å². The lowest BCUT2D eigenvalue weighted by Crippen LogP contribution is -2.51. The summed E-state index contributed by atoms with van der Waals surface area (Å²) < 4.78 is 28.9. The van der Waals surface area contributed by atoms with Gasteiger partial charge in [-0.1, -0.05) is 12.1 Å². The first kappa shape index (κ1) is 18.7. The summed E-state index contributed by atoms with van der Waals surface area (Å²) in [6.07, 6.45) is 0. The summed E-state index contributed by atoms with van der Waals surface area (Å²) in [4.78, 5) is 23.8. The van der Waals surface area contributed by atoms with Crippen molar-refractivity contribution in [3.63, 3.8) is 0 Å². The SMILES string of the molecule is CC(NC(=O)Nc1ccccc1OC(F)F)C(=O)NC(C)(C)C. The number of anilines is 1. The van der Waals surface area contributed by atoms with Gasteiger partial charge >= 0.3 is 12.6 Å². The van der Waals surface area contributed by atoms with Crippen LogP contribution in [0.15, 0.2) is 24.3 Å². The zero-order valence-electron chi connectivity index (χ0n) is 13.4. The molecule has 1 atom stereocenters. The molecule has 0 aliphatic heterocycles. The van der Waals surface area contributed by atoms with Crippen LogP contribution < -0.4 is 20.7 Å². The number of rotatable bonds is 5. The van der Waals surface area contributed by atoms with Crippen LogP contribution in [0.5, 0.6) is 5.75 Å². The first-order valence-electron chi connectivity index (χ1n) is 7.02. The predicted octanol–water partition coefficient (Wildman–Crippen LogP) is 2.71. The predicted molar refractivity (Wildman–Crippen MR) is 82.6 cm³/mol. The van der Waals surface area contributed by atoms with Crippen molar-refractivity contribution in [2.24, 2.45) is 0 Å². The third-order valence-electron chi connectivity index (χ3n) is 2.59. The first-order valence-corrected chi connectivity index (χ1v) is 7.02. The van der Waals surface area contributed by atoms with E-state index in [1.165, 1.54) is 25.1 Å². The Kier molecular flexibility index (Phi) is 6.29. The number of para-hydroxylation sites is 2. The summed E-state index contributed by atoms with van der Waals surface area (Å²) >= 11 is 0. The molecule has 3 amide bonds. The van der Waals surface area contributed by atoms with E-state index in [0.717, 1.165) is 0 Å². The lowest BCUT2D eigenvalue weighted by molar-refractivity contribution is -0.123. The summed E-state index contributed by atoms with van der Waals surface area (Å²) in [6, 6.07) is 4.28. The lowest BCUT2D eigenvalue weighted by atomic mass is 10.1. The highest BCUT2D eigenvalue weighted by atomic mass is 19.3. The quantitative estimate of drug-likeness (QED) is 0.777. The third kappa shape index (κ3) is 6.94. The molecular weight excluding hydrogens is 308 g/mol. The number of hydrogen-bond acceptors (Lipinski definition) is 3. The molecule has 1 rings (SSSR count). The molecule has 1 aromatic rings. The molecule has 1 unspecified atom stereocenters. The molecule has 1 aromatic carbocycles. The van der Waals surface area contributed by atoms with Crippen molar-refractivity contribution in [3.05, 3.63) is 24.3 Å². The van der Waals surface area contributed by atoms with Gasteiger partial charge in [-0.2, -0.15) is 8.78 Å². The fraction of sp³-hybridized carbons (Fsp3) is 0.467. The molecule has 0 saturated carbocycles. The van der Waals surface area contributed by atoms with Crippen LogP contribution in [-0.2, 0) is 4.79 Å². The highest BCUT2D eigenvalue weighted by Crippen LogP contribution is 2.25. The number of alkyl halides is 2. The number of carbonyl (C=O) groups is 2. The number of carbonyl (C=O) groups excluding carboxylic acids is 2. The number of nitrogens with one attached hydrogen (secondary N) is 3. The van der Waals surface area contributed by atoms with Crippen molar-refractivity contribution in [2.45, 2.75) is 45.9 Å². The van der Waals surface area contributed by atoms with Crippen molar-refractivity contribution < 1.29 is 23.1 Å². The van der Waals surface area contributed by atoms with Gasteiger partial charge in [-0.3, -0.25) is 4.79 Å². The molecule has 0 spiro atoms. The molecule has 23 heavy (non-hydrogen) atoms. The maximum Gasteiger partial charge on any atom is 0.387 e. The van der Waals surface area contributed by atoms with Gasteiger partial charge in [-0.15, -0.1) is 0 Å². The monoisotopic (exact) mass is 329 g/mol. The Labute approximate surface area is 133 Å². The van der Waals surface area contributed by atoms with E-state index in [-0.39, 0.29) is 17.3 Å². The van der Waals surface area contributed by atoms with E-state index in [2.05, 4.69) is 20.7 Å². The van der Waals surface area contributed by atoms with Crippen LogP contribution in [0.2, 0.25) is 0 Å². The molecule has 0 aliphatic rings. The van der Waals surface area contributed by atoms with E-state index in [1.807, 2.05) is 20.8 Å². The Balaban J connectivity index is 2.65. The second-order valence-electron chi connectivity index (χ2n) is 5.93. The molecule has 0 aromatic heterocycles. The molecule has 0 saturated heterocycles. The van der Waals surface area contributed by atoms with Gasteiger partial charge in [0.05, 0.1) is 5.69 Å². The van der Waals surface area contributed by atoms with Crippen molar-refractivity contribution in [1.29, 1.82) is 0 Å². The number of halogens is 2. The number of benzene rings is 1. The standard InChI is InChI=1S/C15H21F2N3O3/c1-9(12(21)20-15(2,3)4)18-14(22)19-10-7-5-6-8-11(10)23-13(16)17/h5-9,13H,1-4H3,(H,20,21)(H2,18,19,22). The van der Waals surface area contributed by atoms with Crippen LogP contribution in [-0.4, -0.2) is 30.1 Å². The van der Waals surface area contributed by atoms with Crippen LogP contribution in [0.3, 0.4) is 0 Å². The van der Waals surface area contributed by atoms with E-state index in [4.69, 9.17) is 0 Å². The van der Waals surface area contributed by atoms with Crippen LogP contribution in [0.4, 0.5) is 19.3 Å². The normalized spacial score (nSPS) is 12.5. The van der Waals surface area contributed by atoms with Gasteiger partial charge in [-0.25, -0.2) is 4.79 Å². The van der Waals surface area contributed by atoms with Gasteiger partial charge in [0.1, 0.15) is 11.8 Å². The van der Waals surface area contributed by atoms with Crippen molar-refractivity contribution in [1.82, 2.24) is 10.6 Å². The van der Waals surface area contributed by atoms with Crippen LogP contribution in [0, 0.1) is 0 Å². The summed E-state index contributed by atoms with van der Waals surface area (Å²) in [6.45, 7) is 3.96. The average Bonchev–Trinajstić information content (AvgIpc) is 2.38. The second kappa shape index (κ2) is 7.75. The number of amides is 3. The summed E-state index contributed by atoms with van der Waals surface area (Å²) in [7, 11) is 0. The minimum atomic E-state index is -3.00. The molecular formula is C15H21F2N3O3. The van der Waals surface area contributed by atoms with Gasteiger partial charge in [0, 0.05) is 5.54 Å². The maximum absolute atomic E-state index is 12.3. The highest BCUT2D eigenvalue weighted by molar-refractivity contribution is 5.94. The van der Waals surface area contributed by atoms with Gasteiger partial charge in [-0.05, 0) is 39.8 Å². The van der Waals surface area contributed by atoms with Gasteiger partial charge in [0.25, 0.3) is 0 Å². The highest BCUT2D eigenvalue weighted by Gasteiger charge is 2.21. The minimum absolute atomic E-state index is 0.0775.